The minimum atomic E-state index is -0.820. The van der Waals surface area contributed by atoms with E-state index in [-0.39, 0.29) is 12.3 Å². The lowest BCUT2D eigenvalue weighted by molar-refractivity contribution is -0.137. The zero-order chi connectivity index (χ0) is 20.6. The lowest BCUT2D eigenvalue weighted by Gasteiger charge is -2.08. The van der Waals surface area contributed by atoms with Crippen LogP contribution in [0.2, 0.25) is 0 Å². The van der Waals surface area contributed by atoms with Gasteiger partial charge in [-0.2, -0.15) is 0 Å². The molecule has 1 heterocycles. The molecule has 0 radical (unpaired) electrons. The lowest BCUT2D eigenvalue weighted by Crippen LogP contribution is -2.24. The highest BCUT2D eigenvalue weighted by Crippen LogP contribution is 2.21. The zero-order valence-electron chi connectivity index (χ0n) is 16.6. The quantitative estimate of drug-likeness (QED) is 0.513. The number of aromatic nitrogens is 1. The molecule has 152 valence electrons. The fourth-order valence-electron chi connectivity index (χ4n) is 3.28. The second kappa shape index (κ2) is 9.78. The Kier molecular flexibility index (Phi) is 6.89. The summed E-state index contributed by atoms with van der Waals surface area (Å²) < 4.78 is 7.68. The number of nitrogens with one attached hydrogen (secondary N) is 1. The summed E-state index contributed by atoms with van der Waals surface area (Å²) in [5.41, 5.74) is 3.16. The minimum Gasteiger partial charge on any atom is -0.494 e. The van der Waals surface area contributed by atoms with Crippen LogP contribution in [-0.4, -0.2) is 28.2 Å². The maximum absolute atomic E-state index is 12.4. The molecule has 6 nitrogen and oxygen atoms in total. The third kappa shape index (κ3) is 5.60. The van der Waals surface area contributed by atoms with Gasteiger partial charge in [-0.25, -0.2) is 0 Å². The number of aryl methyl sites for hydroxylation is 1. The van der Waals surface area contributed by atoms with Crippen LogP contribution in [0, 0.1) is 0 Å². The molecule has 0 aliphatic heterocycles. The normalized spacial score (nSPS) is 10.8. The Labute approximate surface area is 170 Å². The smallest absolute Gasteiger partial charge is 0.303 e. The molecule has 0 aliphatic carbocycles. The Balaban J connectivity index is 1.50. The monoisotopic (exact) mass is 394 g/mol. The Bertz CT molecular complexity index is 976. The van der Waals surface area contributed by atoms with Gasteiger partial charge in [-0.05, 0) is 42.7 Å². The number of fused-ring (bicyclic) bond motifs is 1. The number of rotatable bonds is 10. The molecule has 29 heavy (non-hydrogen) atoms. The summed E-state index contributed by atoms with van der Waals surface area (Å²) in [5.74, 6) is -0.144. The molecule has 0 saturated heterocycles. The molecule has 2 N–H and O–H groups in total. The van der Waals surface area contributed by atoms with Crippen molar-refractivity contribution in [3.8, 4) is 5.75 Å². The highest BCUT2D eigenvalue weighted by Gasteiger charge is 2.11. The molecule has 0 aliphatic rings. The molecule has 3 aromatic rings. The average Bonchev–Trinajstić information content (AvgIpc) is 3.08. The maximum Gasteiger partial charge on any atom is 0.303 e. The zero-order valence-corrected chi connectivity index (χ0v) is 16.6. The van der Waals surface area contributed by atoms with Gasteiger partial charge in [0.05, 0.1) is 13.0 Å². The maximum atomic E-state index is 12.4. The summed E-state index contributed by atoms with van der Waals surface area (Å²) in [6.07, 6.45) is 2.97. The Morgan fingerprint density at radius 1 is 1.10 bits per heavy atom. The summed E-state index contributed by atoms with van der Waals surface area (Å²) >= 11 is 0. The first kappa shape index (κ1) is 20.5. The van der Waals surface area contributed by atoms with Gasteiger partial charge in [0.1, 0.15) is 5.75 Å². The number of para-hydroxylation sites is 1. The van der Waals surface area contributed by atoms with Gasteiger partial charge in [-0.15, -0.1) is 0 Å². The van der Waals surface area contributed by atoms with Crippen LogP contribution >= 0.6 is 0 Å². The van der Waals surface area contributed by atoms with Crippen LogP contribution in [-0.2, 0) is 29.1 Å². The first-order valence-corrected chi connectivity index (χ1v) is 9.83. The average molecular weight is 394 g/mol. The molecule has 0 unspecified atom stereocenters. The van der Waals surface area contributed by atoms with Crippen molar-refractivity contribution in [3.63, 3.8) is 0 Å². The number of carbonyl (C=O) groups is 2. The summed E-state index contributed by atoms with van der Waals surface area (Å²) in [4.78, 5) is 22.9. The molecule has 0 bridgehead atoms. The number of carboxylic acids is 1. The van der Waals surface area contributed by atoms with E-state index in [0.717, 1.165) is 28.6 Å². The van der Waals surface area contributed by atoms with E-state index < -0.39 is 5.97 Å². The van der Waals surface area contributed by atoms with E-state index >= 15 is 0 Å². The lowest BCUT2D eigenvalue weighted by atomic mass is 10.1. The third-order valence-corrected chi connectivity index (χ3v) is 4.78. The molecule has 2 aromatic carbocycles. The number of aliphatic carboxylic acids is 1. The van der Waals surface area contributed by atoms with Crippen molar-refractivity contribution in [1.82, 2.24) is 9.88 Å². The standard InChI is InChI=1S/C23H26N2O4/c1-2-25-16-18(20-6-3-4-7-21(20)25)14-22(26)24-15-17-9-11-19(12-10-17)29-13-5-8-23(27)28/h3-4,6-7,9-12,16H,2,5,8,13-15H2,1H3,(H,24,26)(H,27,28). The van der Waals surface area contributed by atoms with Gasteiger partial charge in [0, 0.05) is 36.6 Å². The molecule has 0 fully saturated rings. The number of carboxylic acid groups (broad SMARTS) is 1. The van der Waals surface area contributed by atoms with E-state index in [4.69, 9.17) is 9.84 Å². The number of hydrogen-bond donors (Lipinski definition) is 2. The molecule has 6 heteroatoms. The topological polar surface area (TPSA) is 80.6 Å². The summed E-state index contributed by atoms with van der Waals surface area (Å²) in [6, 6.07) is 15.6. The second-order valence-electron chi connectivity index (χ2n) is 6.90. The number of carbonyl (C=O) groups excluding carboxylic acids is 1. The Morgan fingerprint density at radius 3 is 2.59 bits per heavy atom. The summed E-state index contributed by atoms with van der Waals surface area (Å²) in [7, 11) is 0. The van der Waals surface area contributed by atoms with Crippen molar-refractivity contribution < 1.29 is 19.4 Å². The fourth-order valence-corrected chi connectivity index (χ4v) is 3.28. The molecule has 3 rings (SSSR count). The van der Waals surface area contributed by atoms with E-state index in [1.807, 2.05) is 36.4 Å². The van der Waals surface area contributed by atoms with Crippen LogP contribution in [0.15, 0.2) is 54.7 Å². The molecular formula is C23H26N2O4. The Morgan fingerprint density at radius 2 is 1.86 bits per heavy atom. The van der Waals surface area contributed by atoms with Gasteiger partial charge in [0.25, 0.3) is 0 Å². The molecule has 1 amide bonds. The predicted molar refractivity (Wildman–Crippen MR) is 112 cm³/mol. The van der Waals surface area contributed by atoms with Crippen molar-refractivity contribution in [2.45, 2.75) is 39.3 Å². The van der Waals surface area contributed by atoms with E-state index in [2.05, 4.69) is 35.1 Å². The van der Waals surface area contributed by atoms with Crippen LogP contribution < -0.4 is 10.1 Å². The third-order valence-electron chi connectivity index (χ3n) is 4.78. The van der Waals surface area contributed by atoms with E-state index in [9.17, 15) is 9.59 Å². The highest BCUT2D eigenvalue weighted by atomic mass is 16.5. The summed E-state index contributed by atoms with van der Waals surface area (Å²) in [5, 5.41) is 12.7. The van der Waals surface area contributed by atoms with E-state index in [0.29, 0.717) is 31.7 Å². The van der Waals surface area contributed by atoms with Crippen LogP contribution in [0.5, 0.6) is 5.75 Å². The first-order valence-electron chi connectivity index (χ1n) is 9.83. The van der Waals surface area contributed by atoms with Crippen LogP contribution in [0.25, 0.3) is 10.9 Å². The summed E-state index contributed by atoms with van der Waals surface area (Å²) in [6.45, 7) is 3.78. The van der Waals surface area contributed by atoms with Crippen LogP contribution in [0.3, 0.4) is 0 Å². The molecule has 0 atom stereocenters. The minimum absolute atomic E-state index is 0.0157. The number of benzene rings is 2. The highest BCUT2D eigenvalue weighted by molar-refractivity contribution is 5.89. The SMILES string of the molecule is CCn1cc(CC(=O)NCc2ccc(OCCCC(=O)O)cc2)c2ccccc21. The number of nitrogens with zero attached hydrogens (tertiary/aromatic N) is 1. The molecule has 0 spiro atoms. The van der Waals surface area contributed by atoms with Gasteiger partial charge in [0.2, 0.25) is 5.91 Å². The largest absolute Gasteiger partial charge is 0.494 e. The second-order valence-corrected chi connectivity index (χ2v) is 6.90. The molecular weight excluding hydrogens is 368 g/mol. The van der Waals surface area contributed by atoms with Gasteiger partial charge >= 0.3 is 5.97 Å². The van der Waals surface area contributed by atoms with Gasteiger partial charge in [0.15, 0.2) is 0 Å². The fraction of sp³-hybridized carbons (Fsp3) is 0.304. The molecule has 0 saturated carbocycles. The van der Waals surface area contributed by atoms with Crippen molar-refractivity contribution in [2.75, 3.05) is 6.61 Å². The van der Waals surface area contributed by atoms with Crippen molar-refractivity contribution in [3.05, 3.63) is 65.9 Å². The Hall–Kier alpha value is -3.28. The van der Waals surface area contributed by atoms with Gasteiger partial charge in [-0.3, -0.25) is 9.59 Å². The van der Waals surface area contributed by atoms with E-state index in [1.54, 1.807) is 0 Å². The number of ether oxygens (including phenoxy) is 1. The van der Waals surface area contributed by atoms with Gasteiger partial charge in [-0.1, -0.05) is 30.3 Å². The van der Waals surface area contributed by atoms with Crippen molar-refractivity contribution in [1.29, 1.82) is 0 Å². The number of hydrogen-bond acceptors (Lipinski definition) is 3. The van der Waals surface area contributed by atoms with Crippen LogP contribution in [0.4, 0.5) is 0 Å². The van der Waals surface area contributed by atoms with Gasteiger partial charge < -0.3 is 19.7 Å². The van der Waals surface area contributed by atoms with E-state index in [1.165, 1.54) is 0 Å². The number of amides is 1. The first-order chi connectivity index (χ1) is 14.1. The predicted octanol–water partition coefficient (Wildman–Crippen LogP) is 3.76. The van der Waals surface area contributed by atoms with Crippen molar-refractivity contribution in [2.24, 2.45) is 0 Å². The van der Waals surface area contributed by atoms with Crippen LogP contribution in [0.1, 0.15) is 30.9 Å². The van der Waals surface area contributed by atoms with Crippen molar-refractivity contribution >= 4 is 22.8 Å². The molecule has 1 aromatic heterocycles.